The van der Waals surface area contributed by atoms with Crippen molar-refractivity contribution in [1.29, 1.82) is 0 Å². The molecule has 7 nitrogen and oxygen atoms in total. The van der Waals surface area contributed by atoms with E-state index in [9.17, 15) is 14.0 Å². The first-order chi connectivity index (χ1) is 18.4. The van der Waals surface area contributed by atoms with Gasteiger partial charge in [0.1, 0.15) is 24.0 Å². The molecule has 2 aromatic carbocycles. The van der Waals surface area contributed by atoms with Crippen LogP contribution in [-0.4, -0.2) is 54.2 Å². The number of halogens is 2. The number of aryl methyl sites for hydroxylation is 2. The number of thioether (sulfide) groups is 1. The van der Waals surface area contributed by atoms with Gasteiger partial charge in [0.25, 0.3) is 0 Å². The molecule has 1 unspecified atom stereocenters. The molecule has 0 aliphatic carbocycles. The van der Waals surface area contributed by atoms with Crippen LogP contribution in [0.25, 0.3) is 5.69 Å². The molecule has 0 bridgehead atoms. The van der Waals surface area contributed by atoms with E-state index in [2.05, 4.69) is 5.32 Å². The third-order valence-corrected chi connectivity index (χ3v) is 7.79. The number of benzene rings is 2. The quantitative estimate of drug-likeness (QED) is 0.415. The highest BCUT2D eigenvalue weighted by molar-refractivity contribution is 8.00. The van der Waals surface area contributed by atoms with E-state index in [0.29, 0.717) is 30.2 Å². The van der Waals surface area contributed by atoms with Crippen molar-refractivity contribution in [2.24, 2.45) is 0 Å². The Morgan fingerprint density at radius 2 is 1.92 bits per heavy atom. The van der Waals surface area contributed by atoms with Crippen LogP contribution in [0, 0.1) is 25.5 Å². The van der Waals surface area contributed by atoms with Gasteiger partial charge in [-0.25, -0.2) is 13.5 Å². The average molecular weight is 557 g/mol. The first-order valence-electron chi connectivity index (χ1n) is 12.8. The van der Waals surface area contributed by atoms with Gasteiger partial charge in [0.15, 0.2) is 0 Å². The van der Waals surface area contributed by atoms with E-state index in [0.717, 1.165) is 22.9 Å². The Balaban J connectivity index is 2.00. The number of methoxy groups -OCH3 is 1. The number of hydrogen-bond donors (Lipinski definition) is 1. The van der Waals surface area contributed by atoms with E-state index >= 15 is 4.39 Å². The lowest BCUT2D eigenvalue weighted by Gasteiger charge is -2.25. The summed E-state index contributed by atoms with van der Waals surface area (Å²) in [5, 5.41) is 7.14. The highest BCUT2D eigenvalue weighted by Crippen LogP contribution is 2.49. The number of anilines is 1. The fourth-order valence-corrected chi connectivity index (χ4v) is 5.96. The van der Waals surface area contributed by atoms with Gasteiger partial charge in [0, 0.05) is 36.3 Å². The Morgan fingerprint density at radius 3 is 2.56 bits per heavy atom. The normalized spacial score (nSPS) is 15.7. The lowest BCUT2D eigenvalue weighted by molar-refractivity contribution is -0.123. The standard InChI is InChI=1S/C29H34F2N4O3S/c1-17-7-10-22(18(2)13-17)35-28-25(27(33-35)29(3,4)5)26(20-9-8-19(30)14-21(20)31)39-16-24(37)34(28)15-23(36)32-11-12-38-6/h7-10,13-14,26H,11-12,15-16H2,1-6H3,(H,32,36). The molecule has 1 aliphatic rings. The number of carbonyl (C=O) groups is 2. The van der Waals surface area contributed by atoms with Gasteiger partial charge in [-0.2, -0.15) is 5.10 Å². The molecule has 0 saturated heterocycles. The van der Waals surface area contributed by atoms with E-state index in [1.54, 1.807) is 11.8 Å². The van der Waals surface area contributed by atoms with Crippen molar-refractivity contribution in [1.82, 2.24) is 15.1 Å². The molecule has 2 amide bonds. The SMILES string of the molecule is COCCNC(=O)CN1C(=O)CSC(c2ccc(F)cc2F)c2c(C(C)(C)C)nn(-c3ccc(C)cc3C)c21. The molecule has 0 radical (unpaired) electrons. The lowest BCUT2D eigenvalue weighted by Crippen LogP contribution is -2.43. The van der Waals surface area contributed by atoms with Gasteiger partial charge in [-0.1, -0.05) is 44.5 Å². The molecule has 1 aliphatic heterocycles. The summed E-state index contributed by atoms with van der Waals surface area (Å²) in [4.78, 5) is 28.0. The largest absolute Gasteiger partial charge is 0.383 e. The predicted molar refractivity (Wildman–Crippen MR) is 150 cm³/mol. The maximum absolute atomic E-state index is 15.3. The highest BCUT2D eigenvalue weighted by Gasteiger charge is 2.40. The van der Waals surface area contributed by atoms with Crippen molar-refractivity contribution in [2.75, 3.05) is 37.5 Å². The summed E-state index contributed by atoms with van der Waals surface area (Å²) in [5.41, 5.74) is 3.80. The van der Waals surface area contributed by atoms with Crippen LogP contribution in [0.4, 0.5) is 14.6 Å². The van der Waals surface area contributed by atoms with Crippen LogP contribution in [0.3, 0.4) is 0 Å². The van der Waals surface area contributed by atoms with Gasteiger partial charge in [-0.15, -0.1) is 11.8 Å². The van der Waals surface area contributed by atoms with Crippen LogP contribution in [-0.2, 0) is 19.7 Å². The molecule has 0 saturated carbocycles. The Kier molecular flexibility index (Phi) is 8.46. The number of fused-ring (bicyclic) bond motifs is 1. The summed E-state index contributed by atoms with van der Waals surface area (Å²) in [6.07, 6.45) is 0. The summed E-state index contributed by atoms with van der Waals surface area (Å²) in [6, 6.07) is 9.40. The van der Waals surface area contributed by atoms with Gasteiger partial charge < -0.3 is 10.1 Å². The van der Waals surface area contributed by atoms with Crippen molar-refractivity contribution in [3.8, 4) is 5.69 Å². The molecule has 2 heterocycles. The van der Waals surface area contributed by atoms with Crippen molar-refractivity contribution in [3.05, 3.63) is 76.0 Å². The molecule has 3 aromatic rings. The second kappa shape index (κ2) is 11.5. The zero-order valence-electron chi connectivity index (χ0n) is 23.1. The van der Waals surface area contributed by atoms with Crippen molar-refractivity contribution in [2.45, 2.75) is 45.3 Å². The molecule has 0 fully saturated rings. The number of hydrogen-bond acceptors (Lipinski definition) is 5. The van der Waals surface area contributed by atoms with Gasteiger partial charge in [0.05, 0.1) is 29.0 Å². The maximum atomic E-state index is 15.3. The predicted octanol–water partition coefficient (Wildman–Crippen LogP) is 5.00. The topological polar surface area (TPSA) is 76.5 Å². The summed E-state index contributed by atoms with van der Waals surface area (Å²) in [7, 11) is 1.54. The number of amides is 2. The average Bonchev–Trinajstić information content (AvgIpc) is 3.18. The van der Waals surface area contributed by atoms with E-state index < -0.39 is 22.3 Å². The van der Waals surface area contributed by atoms with Crippen molar-refractivity contribution < 1.29 is 23.1 Å². The number of nitrogens with one attached hydrogen (secondary N) is 1. The Labute approximate surface area is 231 Å². The van der Waals surface area contributed by atoms with E-state index in [4.69, 9.17) is 9.84 Å². The third-order valence-electron chi connectivity index (χ3n) is 6.55. The number of carbonyl (C=O) groups excluding carboxylic acids is 2. The smallest absolute Gasteiger partial charge is 0.240 e. The molecule has 1 atom stereocenters. The number of aromatic nitrogens is 2. The Bertz CT molecular complexity index is 1400. The van der Waals surface area contributed by atoms with Gasteiger partial charge in [-0.05, 0) is 31.5 Å². The fraction of sp³-hybridized carbons (Fsp3) is 0.414. The van der Waals surface area contributed by atoms with E-state index in [1.807, 2.05) is 52.8 Å². The van der Waals surface area contributed by atoms with Gasteiger partial charge >= 0.3 is 0 Å². The fourth-order valence-electron chi connectivity index (χ4n) is 4.74. The van der Waals surface area contributed by atoms with E-state index in [1.165, 1.54) is 28.8 Å². The molecule has 10 heteroatoms. The van der Waals surface area contributed by atoms with Crippen LogP contribution in [0.2, 0.25) is 0 Å². The number of rotatable bonds is 7. The van der Waals surface area contributed by atoms with Crippen LogP contribution < -0.4 is 10.2 Å². The van der Waals surface area contributed by atoms with Crippen LogP contribution in [0.15, 0.2) is 36.4 Å². The first-order valence-corrected chi connectivity index (χ1v) is 13.8. The summed E-state index contributed by atoms with van der Waals surface area (Å²) >= 11 is 1.25. The second-order valence-corrected chi connectivity index (χ2v) is 11.8. The van der Waals surface area contributed by atoms with Gasteiger partial charge in [-0.3, -0.25) is 14.5 Å². The molecule has 1 aromatic heterocycles. The minimum atomic E-state index is -0.698. The third kappa shape index (κ3) is 6.01. The van der Waals surface area contributed by atoms with Crippen LogP contribution >= 0.6 is 11.8 Å². The summed E-state index contributed by atoms with van der Waals surface area (Å²) in [6.45, 7) is 10.3. The van der Waals surface area contributed by atoms with Crippen LogP contribution in [0.5, 0.6) is 0 Å². The zero-order chi connectivity index (χ0) is 28.5. The monoisotopic (exact) mass is 556 g/mol. The van der Waals surface area contributed by atoms with Crippen molar-refractivity contribution in [3.63, 3.8) is 0 Å². The Hall–Kier alpha value is -3.24. The molecule has 4 rings (SSSR count). The number of nitrogens with zero attached hydrogens (tertiary/aromatic N) is 3. The zero-order valence-corrected chi connectivity index (χ0v) is 23.9. The molecule has 39 heavy (non-hydrogen) atoms. The second-order valence-electron chi connectivity index (χ2n) is 10.7. The van der Waals surface area contributed by atoms with Crippen molar-refractivity contribution >= 4 is 29.4 Å². The maximum Gasteiger partial charge on any atom is 0.240 e. The van der Waals surface area contributed by atoms with E-state index in [-0.39, 0.29) is 29.7 Å². The molecule has 0 spiro atoms. The molecular formula is C29H34F2N4O3S. The molecule has 1 N–H and O–H groups in total. The molecular weight excluding hydrogens is 522 g/mol. The summed E-state index contributed by atoms with van der Waals surface area (Å²) in [5.74, 6) is -1.62. The Morgan fingerprint density at radius 1 is 1.18 bits per heavy atom. The number of ether oxygens (including phenoxy) is 1. The summed E-state index contributed by atoms with van der Waals surface area (Å²) < 4.78 is 35.9. The minimum Gasteiger partial charge on any atom is -0.383 e. The van der Waals surface area contributed by atoms with Crippen LogP contribution in [0.1, 0.15) is 54.0 Å². The van der Waals surface area contributed by atoms with Gasteiger partial charge in [0.2, 0.25) is 11.8 Å². The highest BCUT2D eigenvalue weighted by atomic mass is 32.2. The first kappa shape index (κ1) is 28.8. The lowest BCUT2D eigenvalue weighted by atomic mass is 9.87. The molecule has 208 valence electrons. The minimum absolute atomic E-state index is 0.00201.